The Morgan fingerprint density at radius 3 is 2.70 bits per heavy atom. The molecule has 0 spiro atoms. The molecule has 0 aromatic carbocycles. The Labute approximate surface area is 77.1 Å². The number of hydrogen-bond acceptors (Lipinski definition) is 2. The summed E-state index contributed by atoms with van der Waals surface area (Å²) in [5.74, 6) is 0. The van der Waals surface area contributed by atoms with Crippen LogP contribution in [0.15, 0.2) is 0 Å². The van der Waals surface area contributed by atoms with Gasteiger partial charge in [0, 0.05) is 0 Å². The van der Waals surface area contributed by atoms with Crippen molar-refractivity contribution in [2.24, 2.45) is 0 Å². The van der Waals surface area contributed by atoms with E-state index < -0.39 is 0 Å². The van der Waals surface area contributed by atoms with Crippen LogP contribution in [0, 0.1) is 10.1 Å². The topological polar surface area (TPSA) is 46.4 Å². The van der Waals surface area contributed by atoms with Crippen LogP contribution in [0.4, 0.5) is 0 Å². The van der Waals surface area contributed by atoms with Gasteiger partial charge < -0.3 is 0 Å². The second kappa shape index (κ2) is 3.55. The molecule has 0 aliphatic carbocycles. The molecule has 0 bridgehead atoms. The first-order valence-corrected chi connectivity index (χ1v) is 4.78. The molecule has 5 heteroatoms. The zero-order valence-corrected chi connectivity index (χ0v) is 8.12. The summed E-state index contributed by atoms with van der Waals surface area (Å²) >= 11 is 0.916. The Morgan fingerprint density at radius 1 is 1.60 bits per heavy atom. The van der Waals surface area contributed by atoms with Crippen molar-refractivity contribution in [3.8, 4) is 0 Å². The van der Waals surface area contributed by atoms with Gasteiger partial charge >= 0.3 is 77.2 Å². The Hall–Kier alpha value is 0.200. The summed E-state index contributed by atoms with van der Waals surface area (Å²) in [6.45, 7) is 0.654. The number of nitro groups is 1. The quantitative estimate of drug-likeness (QED) is 0.305. The first-order chi connectivity index (χ1) is 4.72. The number of hydrogen-bond donors (Lipinski definition) is 0. The number of rotatable bonds is 1. The van der Waals surface area contributed by atoms with E-state index in [1.165, 1.54) is 11.4 Å². The average Bonchev–Trinajstić information content (AvgIpc) is 1.88. The van der Waals surface area contributed by atoms with Gasteiger partial charge in [-0.1, -0.05) is 0 Å². The van der Waals surface area contributed by atoms with E-state index >= 15 is 0 Å². The van der Waals surface area contributed by atoms with Crippen molar-refractivity contribution in [2.75, 3.05) is 6.54 Å². The number of hydrazine groups is 1. The third kappa shape index (κ3) is 1.84. The zero-order chi connectivity index (χ0) is 7.56. The van der Waals surface area contributed by atoms with E-state index in [1.807, 2.05) is 0 Å². The standard InChI is InChI=1S/C5H9N2O2.Na/c8-7(9)6-4-2-1-3-5-6;/h4H,1-3,5H2;. The monoisotopic (exact) mass is 152 g/mol. The molecule has 1 aliphatic rings. The van der Waals surface area contributed by atoms with Gasteiger partial charge in [-0.05, 0) is 0 Å². The van der Waals surface area contributed by atoms with Crippen LogP contribution in [0.25, 0.3) is 0 Å². The summed E-state index contributed by atoms with van der Waals surface area (Å²) in [5.41, 5.74) is 0. The Kier molecular flexibility index (Phi) is 2.95. The Morgan fingerprint density at radius 2 is 2.30 bits per heavy atom. The van der Waals surface area contributed by atoms with Gasteiger partial charge in [-0.25, -0.2) is 0 Å². The third-order valence-corrected chi connectivity index (χ3v) is 3.15. The molecule has 0 amide bonds. The van der Waals surface area contributed by atoms with Crippen LogP contribution < -0.4 is 0 Å². The van der Waals surface area contributed by atoms with Crippen molar-refractivity contribution in [2.45, 2.75) is 22.6 Å². The van der Waals surface area contributed by atoms with Gasteiger partial charge in [-0.2, -0.15) is 0 Å². The minimum atomic E-state index is -0.253. The predicted molar refractivity (Wildman–Crippen MR) is 37.1 cm³/mol. The van der Waals surface area contributed by atoms with E-state index in [0.717, 1.165) is 40.8 Å². The van der Waals surface area contributed by atoms with E-state index in [1.54, 1.807) is 0 Å². The van der Waals surface area contributed by atoms with Gasteiger partial charge in [0.25, 0.3) is 0 Å². The van der Waals surface area contributed by atoms with Gasteiger partial charge in [0.15, 0.2) is 0 Å². The zero-order valence-electron chi connectivity index (χ0n) is 6.12. The van der Waals surface area contributed by atoms with Crippen molar-refractivity contribution in [3.63, 3.8) is 0 Å². The molecule has 1 rings (SSSR count). The van der Waals surface area contributed by atoms with Gasteiger partial charge in [0.05, 0.1) is 0 Å². The molecule has 1 saturated heterocycles. The first kappa shape index (κ1) is 8.30. The summed E-state index contributed by atoms with van der Waals surface area (Å²) in [7, 11) is 0. The fourth-order valence-electron chi connectivity index (χ4n) is 1.33. The van der Waals surface area contributed by atoms with E-state index in [9.17, 15) is 10.1 Å². The fourth-order valence-corrected chi connectivity index (χ4v) is 2.18. The van der Waals surface area contributed by atoms with Crippen molar-refractivity contribution in [1.82, 2.24) is 5.01 Å². The first-order valence-electron chi connectivity index (χ1n) is 3.63. The predicted octanol–water partition coefficient (Wildman–Crippen LogP) is 0.159. The van der Waals surface area contributed by atoms with E-state index in [0.29, 0.717) is 6.54 Å². The van der Waals surface area contributed by atoms with E-state index in [2.05, 4.69) is 0 Å². The summed E-state index contributed by atoms with van der Waals surface area (Å²) in [6, 6.07) is 0. The minimum absolute atomic E-state index is 0.253. The molecule has 1 aliphatic heterocycles. The van der Waals surface area contributed by atoms with Crippen LogP contribution in [-0.2, 0) is 0 Å². The molecule has 1 heterocycles. The molecular formula is C5H9N2NaO2. The number of piperidine rings is 1. The summed E-state index contributed by atoms with van der Waals surface area (Å²) in [4.78, 5) is 10.3. The van der Waals surface area contributed by atoms with Gasteiger partial charge in [0.2, 0.25) is 0 Å². The maximum absolute atomic E-state index is 10.3. The molecule has 1 unspecified atom stereocenters. The van der Waals surface area contributed by atoms with Crippen LogP contribution in [-0.4, -0.2) is 47.8 Å². The van der Waals surface area contributed by atoms with Crippen LogP contribution >= 0.6 is 0 Å². The SMILES string of the molecule is O=[N+]([O-])N1CCCC[CH]1[Na]. The molecule has 1 fully saturated rings. The third-order valence-electron chi connectivity index (χ3n) is 1.98. The molecule has 0 aromatic rings. The van der Waals surface area contributed by atoms with Crippen LogP contribution in [0.1, 0.15) is 19.3 Å². The van der Waals surface area contributed by atoms with E-state index in [-0.39, 0.29) is 8.32 Å². The van der Waals surface area contributed by atoms with Crippen LogP contribution in [0.2, 0.25) is 0 Å². The number of nitrogens with zero attached hydrogens (tertiary/aromatic N) is 2. The summed E-state index contributed by atoms with van der Waals surface area (Å²) in [5, 5.41) is 11.4. The Bertz CT molecular complexity index is 142. The molecule has 0 radical (unpaired) electrons. The second-order valence-corrected chi connectivity index (χ2v) is 4.08. The Balaban J connectivity index is 2.47. The van der Waals surface area contributed by atoms with Crippen LogP contribution in [0.5, 0.6) is 0 Å². The molecule has 4 nitrogen and oxygen atoms in total. The van der Waals surface area contributed by atoms with Crippen molar-refractivity contribution >= 4 is 27.9 Å². The molecule has 52 valence electrons. The molecule has 10 heavy (non-hydrogen) atoms. The van der Waals surface area contributed by atoms with E-state index in [4.69, 9.17) is 0 Å². The van der Waals surface area contributed by atoms with Gasteiger partial charge in [0.1, 0.15) is 0 Å². The maximum atomic E-state index is 10.3. The molecule has 0 saturated carbocycles. The van der Waals surface area contributed by atoms with Crippen LogP contribution in [0.3, 0.4) is 0 Å². The second-order valence-electron chi connectivity index (χ2n) is 2.75. The summed E-state index contributed by atoms with van der Waals surface area (Å²) in [6.07, 6.45) is 3.17. The van der Waals surface area contributed by atoms with Crippen molar-refractivity contribution in [3.05, 3.63) is 10.1 Å². The fraction of sp³-hybridized carbons (Fsp3) is 1.00. The van der Waals surface area contributed by atoms with Gasteiger partial charge in [-0.3, -0.25) is 0 Å². The average molecular weight is 152 g/mol. The van der Waals surface area contributed by atoms with Crippen molar-refractivity contribution in [1.29, 1.82) is 0 Å². The molecule has 0 N–H and O–H groups in total. The van der Waals surface area contributed by atoms with Crippen molar-refractivity contribution < 1.29 is 5.03 Å². The molecular weight excluding hydrogens is 143 g/mol. The summed E-state index contributed by atoms with van der Waals surface area (Å²) < 4.78 is 0.267. The molecule has 0 aromatic heterocycles. The van der Waals surface area contributed by atoms with Gasteiger partial charge in [-0.15, -0.1) is 0 Å². The molecule has 1 atom stereocenters. The normalized spacial score (nSPS) is 26.6.